The van der Waals surface area contributed by atoms with E-state index in [4.69, 9.17) is 0 Å². The lowest BCUT2D eigenvalue weighted by Crippen LogP contribution is -2.31. The molecule has 0 spiro atoms. The van der Waals surface area contributed by atoms with Crippen LogP contribution in [0, 0.1) is 13.8 Å². The Morgan fingerprint density at radius 3 is 2.79 bits per heavy atom. The highest BCUT2D eigenvalue weighted by molar-refractivity contribution is 7.99. The lowest BCUT2D eigenvalue weighted by atomic mass is 10.2. The molecule has 152 valence electrons. The van der Waals surface area contributed by atoms with Crippen molar-refractivity contribution in [3.8, 4) is 0 Å². The van der Waals surface area contributed by atoms with Crippen molar-refractivity contribution in [2.75, 3.05) is 25.4 Å². The highest BCUT2D eigenvalue weighted by Gasteiger charge is 2.19. The van der Waals surface area contributed by atoms with Gasteiger partial charge in [-0.1, -0.05) is 11.8 Å². The number of fused-ring (bicyclic) bond motifs is 1. The summed E-state index contributed by atoms with van der Waals surface area (Å²) in [6.45, 7) is 8.43. The minimum atomic E-state index is -0.0895. The molecule has 2 aromatic heterocycles. The SMILES string of the molecule is CCn1c(SCC(=O)NCCCN2CCCC2=O)nc2sc(C)c(C)c2c1=O. The molecule has 1 aliphatic heterocycles. The van der Waals surface area contributed by atoms with Gasteiger partial charge in [-0.15, -0.1) is 11.3 Å². The first kappa shape index (κ1) is 20.9. The lowest BCUT2D eigenvalue weighted by Gasteiger charge is -2.15. The van der Waals surface area contributed by atoms with Crippen molar-refractivity contribution in [1.29, 1.82) is 0 Å². The van der Waals surface area contributed by atoms with Gasteiger partial charge >= 0.3 is 0 Å². The number of hydrogen-bond acceptors (Lipinski definition) is 6. The zero-order valence-electron chi connectivity index (χ0n) is 16.5. The van der Waals surface area contributed by atoms with Crippen molar-refractivity contribution in [1.82, 2.24) is 19.8 Å². The monoisotopic (exact) mass is 422 g/mol. The van der Waals surface area contributed by atoms with Crippen molar-refractivity contribution in [2.24, 2.45) is 0 Å². The molecule has 0 aromatic carbocycles. The van der Waals surface area contributed by atoms with Gasteiger partial charge in [0, 0.05) is 37.5 Å². The van der Waals surface area contributed by atoms with E-state index in [9.17, 15) is 14.4 Å². The van der Waals surface area contributed by atoms with Crippen LogP contribution in [0.1, 0.15) is 36.6 Å². The highest BCUT2D eigenvalue weighted by atomic mass is 32.2. The van der Waals surface area contributed by atoms with Crippen LogP contribution in [-0.2, 0) is 16.1 Å². The van der Waals surface area contributed by atoms with Crippen LogP contribution in [0.2, 0.25) is 0 Å². The Hall–Kier alpha value is -1.87. The summed E-state index contributed by atoms with van der Waals surface area (Å²) in [7, 11) is 0. The van der Waals surface area contributed by atoms with E-state index in [1.54, 1.807) is 4.57 Å². The van der Waals surface area contributed by atoms with Gasteiger partial charge in [-0.2, -0.15) is 0 Å². The molecule has 1 N–H and O–H groups in total. The van der Waals surface area contributed by atoms with Gasteiger partial charge < -0.3 is 10.2 Å². The van der Waals surface area contributed by atoms with E-state index in [2.05, 4.69) is 10.3 Å². The quantitative estimate of drug-likeness (QED) is 0.401. The third-order valence-corrected chi connectivity index (χ3v) is 7.08. The average Bonchev–Trinajstić information content (AvgIpc) is 3.20. The number of nitrogens with zero attached hydrogens (tertiary/aromatic N) is 3. The van der Waals surface area contributed by atoms with Gasteiger partial charge in [0.05, 0.1) is 11.1 Å². The Morgan fingerprint density at radius 2 is 2.11 bits per heavy atom. The fraction of sp³-hybridized carbons (Fsp3) is 0.579. The number of amides is 2. The number of likely N-dealkylation sites (tertiary alicyclic amines) is 1. The largest absolute Gasteiger partial charge is 0.355 e. The summed E-state index contributed by atoms with van der Waals surface area (Å²) in [5.41, 5.74) is 0.956. The summed E-state index contributed by atoms with van der Waals surface area (Å²) in [6.07, 6.45) is 2.32. The molecule has 0 unspecified atom stereocenters. The highest BCUT2D eigenvalue weighted by Crippen LogP contribution is 2.28. The lowest BCUT2D eigenvalue weighted by molar-refractivity contribution is -0.127. The van der Waals surface area contributed by atoms with Gasteiger partial charge in [-0.05, 0) is 39.2 Å². The van der Waals surface area contributed by atoms with E-state index >= 15 is 0 Å². The Bertz CT molecular complexity index is 951. The van der Waals surface area contributed by atoms with Crippen LogP contribution < -0.4 is 10.9 Å². The van der Waals surface area contributed by atoms with E-state index < -0.39 is 0 Å². The van der Waals surface area contributed by atoms with Gasteiger partial charge in [0.2, 0.25) is 11.8 Å². The topological polar surface area (TPSA) is 84.3 Å². The molecule has 1 saturated heterocycles. The molecule has 3 rings (SSSR count). The minimum Gasteiger partial charge on any atom is -0.355 e. The van der Waals surface area contributed by atoms with E-state index in [0.717, 1.165) is 34.7 Å². The van der Waals surface area contributed by atoms with Crippen LogP contribution in [-0.4, -0.2) is 51.7 Å². The molecule has 2 amide bonds. The van der Waals surface area contributed by atoms with Crippen molar-refractivity contribution >= 4 is 45.1 Å². The molecule has 9 heteroatoms. The number of rotatable bonds is 8. The Kier molecular flexibility index (Phi) is 6.77. The van der Waals surface area contributed by atoms with Crippen LogP contribution in [0.5, 0.6) is 0 Å². The second kappa shape index (κ2) is 9.09. The third-order valence-electron chi connectivity index (χ3n) is 5.00. The molecule has 1 fully saturated rings. The van der Waals surface area contributed by atoms with Crippen LogP contribution >= 0.6 is 23.1 Å². The molecule has 1 aliphatic rings. The molecule has 0 bridgehead atoms. The second-order valence-corrected chi connectivity index (χ2v) is 9.03. The molecule has 3 heterocycles. The molecule has 2 aromatic rings. The van der Waals surface area contributed by atoms with E-state index in [0.29, 0.717) is 36.6 Å². The first-order valence-electron chi connectivity index (χ1n) is 9.60. The number of aromatic nitrogens is 2. The van der Waals surface area contributed by atoms with E-state index in [1.165, 1.54) is 23.1 Å². The van der Waals surface area contributed by atoms with E-state index in [-0.39, 0.29) is 23.1 Å². The van der Waals surface area contributed by atoms with Crippen molar-refractivity contribution in [3.63, 3.8) is 0 Å². The molecule has 0 aliphatic carbocycles. The molecule has 0 saturated carbocycles. The number of thioether (sulfide) groups is 1. The zero-order chi connectivity index (χ0) is 20.3. The van der Waals surface area contributed by atoms with Crippen LogP contribution in [0.4, 0.5) is 0 Å². The standard InChI is InChI=1S/C19H26N4O3S2/c1-4-23-18(26)16-12(2)13(3)28-17(16)21-19(23)27-11-14(24)20-8-6-10-22-9-5-7-15(22)25/h4-11H2,1-3H3,(H,20,24). The Labute approximate surface area is 172 Å². The maximum atomic E-state index is 12.8. The minimum absolute atomic E-state index is 0.0347. The van der Waals surface area contributed by atoms with Crippen molar-refractivity contribution in [2.45, 2.75) is 51.7 Å². The number of nitrogens with one attached hydrogen (secondary N) is 1. The number of thiophene rings is 1. The van der Waals surface area contributed by atoms with E-state index in [1.807, 2.05) is 25.7 Å². The molecule has 28 heavy (non-hydrogen) atoms. The molecule has 7 nitrogen and oxygen atoms in total. The fourth-order valence-corrected chi connectivity index (χ4v) is 5.28. The summed E-state index contributed by atoms with van der Waals surface area (Å²) in [6, 6.07) is 0. The average molecular weight is 423 g/mol. The van der Waals surface area contributed by atoms with Crippen molar-refractivity contribution < 1.29 is 9.59 Å². The number of aryl methyl sites for hydroxylation is 2. The normalized spacial score (nSPS) is 14.2. The van der Waals surface area contributed by atoms with Crippen LogP contribution in [0.15, 0.2) is 9.95 Å². The molecular formula is C19H26N4O3S2. The molecule has 0 radical (unpaired) electrons. The van der Waals surface area contributed by atoms with Gasteiger partial charge in [0.1, 0.15) is 4.83 Å². The van der Waals surface area contributed by atoms with Gasteiger partial charge in [-0.3, -0.25) is 19.0 Å². The maximum Gasteiger partial charge on any atom is 0.263 e. The summed E-state index contributed by atoms with van der Waals surface area (Å²) in [5, 5.41) is 4.16. The summed E-state index contributed by atoms with van der Waals surface area (Å²) >= 11 is 2.81. The second-order valence-electron chi connectivity index (χ2n) is 6.88. The number of carbonyl (C=O) groups is 2. The number of hydrogen-bond donors (Lipinski definition) is 1. The summed E-state index contributed by atoms with van der Waals surface area (Å²) in [4.78, 5) is 44.9. The zero-order valence-corrected chi connectivity index (χ0v) is 18.2. The Balaban J connectivity index is 1.56. The first-order valence-corrected chi connectivity index (χ1v) is 11.4. The smallest absolute Gasteiger partial charge is 0.263 e. The maximum absolute atomic E-state index is 12.8. The van der Waals surface area contributed by atoms with Crippen LogP contribution in [0.3, 0.4) is 0 Å². The van der Waals surface area contributed by atoms with Crippen LogP contribution in [0.25, 0.3) is 10.2 Å². The Morgan fingerprint density at radius 1 is 1.32 bits per heavy atom. The number of carbonyl (C=O) groups excluding carboxylic acids is 2. The fourth-order valence-electron chi connectivity index (χ4n) is 3.32. The predicted molar refractivity (Wildman–Crippen MR) is 113 cm³/mol. The summed E-state index contributed by atoms with van der Waals surface area (Å²) < 4.78 is 1.64. The van der Waals surface area contributed by atoms with Gasteiger partial charge in [0.15, 0.2) is 5.16 Å². The first-order chi connectivity index (χ1) is 13.4. The molecular weight excluding hydrogens is 396 g/mol. The molecule has 0 atom stereocenters. The van der Waals surface area contributed by atoms with Crippen molar-refractivity contribution in [3.05, 3.63) is 20.8 Å². The van der Waals surface area contributed by atoms with Gasteiger partial charge in [0.25, 0.3) is 5.56 Å². The third kappa shape index (κ3) is 4.41. The summed E-state index contributed by atoms with van der Waals surface area (Å²) in [5.74, 6) is 0.331. The van der Waals surface area contributed by atoms with Gasteiger partial charge in [-0.25, -0.2) is 4.98 Å². The predicted octanol–water partition coefficient (Wildman–Crippen LogP) is 2.32.